The zero-order valence-corrected chi connectivity index (χ0v) is 19.2. The number of benzene rings is 2. The van der Waals surface area contributed by atoms with E-state index in [1.165, 1.54) is 12.1 Å². The molecule has 2 aliphatic heterocycles. The van der Waals surface area contributed by atoms with Crippen molar-refractivity contribution in [2.45, 2.75) is 4.90 Å². The Kier molecular flexibility index (Phi) is 5.97. The Balaban J connectivity index is 1.32. The van der Waals surface area contributed by atoms with Crippen molar-refractivity contribution in [3.63, 3.8) is 0 Å². The molecule has 5 rings (SSSR count). The molecule has 2 aliphatic rings. The number of amides is 1. The standard InChI is InChI=1S/C24H24N4O5S/c29-24(28-13-11-27(12-14-28)23-7-3-4-10-25-23)19-5-1-2-6-20(19)26-34(30,31)18-8-9-21-22(17-18)33-16-15-32-21/h1-10,17,26H,11-16H2. The second-order valence-corrected chi connectivity index (χ2v) is 9.61. The number of hydrogen-bond donors (Lipinski definition) is 1. The first-order valence-corrected chi connectivity index (χ1v) is 12.5. The number of sulfonamides is 1. The first-order chi connectivity index (χ1) is 16.5. The minimum absolute atomic E-state index is 0.0305. The molecule has 10 heteroatoms. The Morgan fingerprint density at radius 1 is 0.882 bits per heavy atom. The number of ether oxygens (including phenoxy) is 2. The monoisotopic (exact) mass is 480 g/mol. The van der Waals surface area contributed by atoms with Crippen LogP contribution in [0.25, 0.3) is 0 Å². The smallest absolute Gasteiger partial charge is 0.262 e. The number of fused-ring (bicyclic) bond motifs is 1. The summed E-state index contributed by atoms with van der Waals surface area (Å²) in [7, 11) is -3.95. The van der Waals surface area contributed by atoms with Crippen LogP contribution >= 0.6 is 0 Å². The molecule has 0 saturated carbocycles. The van der Waals surface area contributed by atoms with Gasteiger partial charge in [0.05, 0.1) is 16.1 Å². The maximum Gasteiger partial charge on any atom is 0.262 e. The molecule has 0 radical (unpaired) electrons. The third-order valence-corrected chi connectivity index (χ3v) is 7.13. The van der Waals surface area contributed by atoms with Crippen LogP contribution in [0.3, 0.4) is 0 Å². The molecule has 2 aromatic carbocycles. The molecule has 0 unspecified atom stereocenters. The lowest BCUT2D eigenvalue weighted by atomic mass is 10.1. The van der Waals surface area contributed by atoms with Gasteiger partial charge in [0, 0.05) is 38.4 Å². The Bertz CT molecular complexity index is 1290. The van der Waals surface area contributed by atoms with Gasteiger partial charge in [0.25, 0.3) is 15.9 Å². The van der Waals surface area contributed by atoms with Gasteiger partial charge in [-0.15, -0.1) is 0 Å². The fourth-order valence-electron chi connectivity index (χ4n) is 4.00. The quantitative estimate of drug-likeness (QED) is 0.599. The van der Waals surface area contributed by atoms with E-state index in [4.69, 9.17) is 9.47 Å². The normalized spacial score (nSPS) is 15.6. The number of pyridine rings is 1. The van der Waals surface area contributed by atoms with E-state index in [0.717, 1.165) is 5.82 Å². The van der Waals surface area contributed by atoms with Crippen LogP contribution in [-0.2, 0) is 10.0 Å². The Morgan fingerprint density at radius 3 is 2.38 bits per heavy atom. The number of nitrogens with one attached hydrogen (secondary N) is 1. The van der Waals surface area contributed by atoms with E-state index < -0.39 is 10.0 Å². The molecule has 0 bridgehead atoms. The zero-order chi connectivity index (χ0) is 23.5. The van der Waals surface area contributed by atoms with Crippen molar-refractivity contribution in [1.29, 1.82) is 0 Å². The molecule has 3 aromatic rings. The first-order valence-electron chi connectivity index (χ1n) is 11.0. The summed E-state index contributed by atoms with van der Waals surface area (Å²) in [6.45, 7) is 3.09. The van der Waals surface area contributed by atoms with Crippen molar-refractivity contribution in [1.82, 2.24) is 9.88 Å². The van der Waals surface area contributed by atoms with Gasteiger partial charge >= 0.3 is 0 Å². The van der Waals surface area contributed by atoms with Crippen molar-refractivity contribution >= 4 is 27.4 Å². The van der Waals surface area contributed by atoms with Crippen LogP contribution in [0, 0.1) is 0 Å². The molecule has 0 atom stereocenters. The molecule has 9 nitrogen and oxygen atoms in total. The van der Waals surface area contributed by atoms with Crippen molar-refractivity contribution in [3.8, 4) is 11.5 Å². The van der Waals surface area contributed by atoms with Gasteiger partial charge < -0.3 is 19.3 Å². The number of para-hydroxylation sites is 1. The van der Waals surface area contributed by atoms with E-state index in [0.29, 0.717) is 56.5 Å². The number of anilines is 2. The van der Waals surface area contributed by atoms with Gasteiger partial charge in [0.2, 0.25) is 0 Å². The summed E-state index contributed by atoms with van der Waals surface area (Å²) in [5.74, 6) is 1.54. The molecule has 3 heterocycles. The fraction of sp³-hybridized carbons (Fsp3) is 0.250. The Hall–Kier alpha value is -3.79. The van der Waals surface area contributed by atoms with Gasteiger partial charge in [0.15, 0.2) is 11.5 Å². The molecular formula is C24H24N4O5S. The number of carbonyl (C=O) groups is 1. The number of carbonyl (C=O) groups excluding carboxylic acids is 1. The number of aromatic nitrogens is 1. The highest BCUT2D eigenvalue weighted by molar-refractivity contribution is 7.92. The Morgan fingerprint density at radius 2 is 1.62 bits per heavy atom. The molecular weight excluding hydrogens is 456 g/mol. The predicted molar refractivity (Wildman–Crippen MR) is 127 cm³/mol. The SMILES string of the molecule is O=C(c1ccccc1NS(=O)(=O)c1ccc2c(c1)OCCO2)N1CCN(c2ccccn2)CC1. The zero-order valence-electron chi connectivity index (χ0n) is 18.4. The minimum atomic E-state index is -3.95. The second-order valence-electron chi connectivity index (χ2n) is 7.92. The molecule has 1 aromatic heterocycles. The highest BCUT2D eigenvalue weighted by atomic mass is 32.2. The van der Waals surface area contributed by atoms with Gasteiger partial charge in [-0.3, -0.25) is 9.52 Å². The maximum atomic E-state index is 13.3. The number of nitrogens with zero attached hydrogens (tertiary/aromatic N) is 3. The van der Waals surface area contributed by atoms with Crippen molar-refractivity contribution < 1.29 is 22.7 Å². The van der Waals surface area contributed by atoms with E-state index in [-0.39, 0.29) is 16.5 Å². The van der Waals surface area contributed by atoms with Crippen molar-refractivity contribution in [3.05, 3.63) is 72.4 Å². The van der Waals surface area contributed by atoms with Crippen molar-refractivity contribution in [2.75, 3.05) is 49.0 Å². The van der Waals surface area contributed by atoms with Gasteiger partial charge in [0.1, 0.15) is 19.0 Å². The number of rotatable bonds is 5. The fourth-order valence-corrected chi connectivity index (χ4v) is 5.10. The molecule has 1 saturated heterocycles. The van der Waals surface area contributed by atoms with Crippen molar-refractivity contribution in [2.24, 2.45) is 0 Å². The molecule has 1 N–H and O–H groups in total. The molecule has 0 aliphatic carbocycles. The second kappa shape index (κ2) is 9.22. The maximum absolute atomic E-state index is 13.3. The van der Waals surface area contributed by atoms with E-state index in [2.05, 4.69) is 14.6 Å². The van der Waals surface area contributed by atoms with Crippen LogP contribution in [0.2, 0.25) is 0 Å². The lowest BCUT2D eigenvalue weighted by molar-refractivity contribution is 0.0747. The van der Waals surface area contributed by atoms with Crippen LogP contribution in [0.4, 0.5) is 11.5 Å². The molecule has 176 valence electrons. The molecule has 1 fully saturated rings. The third kappa shape index (κ3) is 4.49. The lowest BCUT2D eigenvalue weighted by Crippen LogP contribution is -2.49. The number of hydrogen-bond acceptors (Lipinski definition) is 7. The van der Waals surface area contributed by atoms with Gasteiger partial charge in [-0.05, 0) is 36.4 Å². The van der Waals surface area contributed by atoms with E-state index >= 15 is 0 Å². The van der Waals surface area contributed by atoms with Crippen LogP contribution in [0.5, 0.6) is 11.5 Å². The van der Waals surface area contributed by atoms with E-state index in [1.807, 2.05) is 18.2 Å². The lowest BCUT2D eigenvalue weighted by Gasteiger charge is -2.35. The first kappa shape index (κ1) is 22.0. The summed E-state index contributed by atoms with van der Waals surface area (Å²) in [5, 5.41) is 0. The van der Waals surface area contributed by atoms with Gasteiger partial charge in [-0.25, -0.2) is 13.4 Å². The van der Waals surface area contributed by atoms with Crippen LogP contribution in [0.1, 0.15) is 10.4 Å². The highest BCUT2D eigenvalue weighted by Crippen LogP contribution is 2.33. The van der Waals surface area contributed by atoms with Crippen LogP contribution < -0.4 is 19.1 Å². The molecule has 0 spiro atoms. The van der Waals surface area contributed by atoms with E-state index in [9.17, 15) is 13.2 Å². The predicted octanol–water partition coefficient (Wildman–Crippen LogP) is 2.62. The van der Waals surface area contributed by atoms with Crippen LogP contribution in [0.15, 0.2) is 71.8 Å². The Labute approximate surface area is 198 Å². The van der Waals surface area contributed by atoms with E-state index in [1.54, 1.807) is 41.4 Å². The largest absolute Gasteiger partial charge is 0.486 e. The third-order valence-electron chi connectivity index (χ3n) is 5.77. The summed E-state index contributed by atoms with van der Waals surface area (Å²) in [5.41, 5.74) is 0.532. The molecule has 1 amide bonds. The summed E-state index contributed by atoms with van der Waals surface area (Å²) in [4.78, 5) is 21.6. The summed E-state index contributed by atoms with van der Waals surface area (Å²) < 4.78 is 39.7. The average Bonchev–Trinajstić information content (AvgIpc) is 2.89. The average molecular weight is 481 g/mol. The van der Waals surface area contributed by atoms with Crippen LogP contribution in [-0.4, -0.2) is 63.6 Å². The minimum Gasteiger partial charge on any atom is -0.486 e. The number of piperazine rings is 1. The summed E-state index contributed by atoms with van der Waals surface area (Å²) >= 11 is 0. The molecule has 34 heavy (non-hydrogen) atoms. The summed E-state index contributed by atoms with van der Waals surface area (Å²) in [6, 6.07) is 16.8. The summed E-state index contributed by atoms with van der Waals surface area (Å²) in [6.07, 6.45) is 1.75. The van der Waals surface area contributed by atoms with Gasteiger partial charge in [-0.1, -0.05) is 18.2 Å². The topological polar surface area (TPSA) is 101 Å². The highest BCUT2D eigenvalue weighted by Gasteiger charge is 2.26. The van der Waals surface area contributed by atoms with Gasteiger partial charge in [-0.2, -0.15) is 0 Å².